The molecule has 1 saturated heterocycles. The van der Waals surface area contributed by atoms with Crippen molar-refractivity contribution in [2.75, 3.05) is 19.6 Å². The molecule has 0 atom stereocenters. The van der Waals surface area contributed by atoms with Crippen LogP contribution >= 0.6 is 0 Å². The van der Waals surface area contributed by atoms with E-state index in [1.807, 2.05) is 20.8 Å². The molecule has 5 nitrogen and oxygen atoms in total. The highest BCUT2D eigenvalue weighted by atomic mass is 16.2. The van der Waals surface area contributed by atoms with Crippen molar-refractivity contribution in [1.82, 2.24) is 15.5 Å². The average molecular weight is 255 g/mol. The lowest BCUT2D eigenvalue weighted by Gasteiger charge is -2.32. The molecule has 0 unspecified atom stereocenters. The molecule has 2 N–H and O–H groups in total. The molecule has 0 saturated carbocycles. The van der Waals surface area contributed by atoms with Gasteiger partial charge in [0.15, 0.2) is 0 Å². The Hall–Kier alpha value is -1.10. The molecule has 1 fully saturated rings. The van der Waals surface area contributed by atoms with Crippen molar-refractivity contribution in [3.63, 3.8) is 0 Å². The van der Waals surface area contributed by atoms with Gasteiger partial charge in [0.2, 0.25) is 11.8 Å². The predicted molar refractivity (Wildman–Crippen MR) is 71.2 cm³/mol. The topological polar surface area (TPSA) is 61.4 Å². The van der Waals surface area contributed by atoms with Crippen LogP contribution in [0.25, 0.3) is 0 Å². The fraction of sp³-hybridized carbons (Fsp3) is 0.846. The highest BCUT2D eigenvalue weighted by molar-refractivity contribution is 5.78. The number of likely N-dealkylation sites (tertiary alicyclic amines) is 1. The van der Waals surface area contributed by atoms with Crippen molar-refractivity contribution in [2.24, 2.45) is 0 Å². The van der Waals surface area contributed by atoms with Crippen LogP contribution in [0.2, 0.25) is 0 Å². The number of nitrogens with one attached hydrogen (secondary N) is 2. The summed E-state index contributed by atoms with van der Waals surface area (Å²) in [5.41, 5.74) is -0.175. The first-order chi connectivity index (χ1) is 8.26. The zero-order chi connectivity index (χ0) is 13.8. The summed E-state index contributed by atoms with van der Waals surface area (Å²) in [5, 5.41) is 5.89. The molecule has 0 aromatic rings. The fourth-order valence-electron chi connectivity index (χ4n) is 2.18. The first kappa shape index (κ1) is 15.0. The Bertz CT molecular complexity index is 302. The van der Waals surface area contributed by atoms with Crippen LogP contribution in [0.1, 0.15) is 40.5 Å². The molecule has 5 heteroatoms. The first-order valence-corrected chi connectivity index (χ1v) is 6.57. The molecule has 0 radical (unpaired) electrons. The van der Waals surface area contributed by atoms with E-state index in [4.69, 9.17) is 0 Å². The van der Waals surface area contributed by atoms with Gasteiger partial charge in [-0.25, -0.2) is 0 Å². The standard InChI is InChI=1S/C13H25N3O2/c1-10(17)14-11-5-7-16(8-6-11)9-12(18)15-13(2,3)4/h11H,5-9H2,1-4H3,(H,14,17)(H,15,18). The maximum atomic E-state index is 11.8. The SMILES string of the molecule is CC(=O)NC1CCN(CC(=O)NC(C)(C)C)CC1. The van der Waals surface area contributed by atoms with Gasteiger partial charge in [-0.15, -0.1) is 0 Å². The van der Waals surface area contributed by atoms with Crippen molar-refractivity contribution in [1.29, 1.82) is 0 Å². The normalized spacial score (nSPS) is 18.4. The summed E-state index contributed by atoms with van der Waals surface area (Å²) in [6.45, 7) is 9.66. The predicted octanol–water partition coefficient (Wildman–Crippen LogP) is 0.502. The summed E-state index contributed by atoms with van der Waals surface area (Å²) in [6.07, 6.45) is 1.84. The summed E-state index contributed by atoms with van der Waals surface area (Å²) in [7, 11) is 0. The lowest BCUT2D eigenvalue weighted by atomic mass is 10.0. The molecule has 1 aliphatic heterocycles. The maximum Gasteiger partial charge on any atom is 0.234 e. The number of nitrogens with zero attached hydrogens (tertiary/aromatic N) is 1. The summed E-state index contributed by atoms with van der Waals surface area (Å²) in [6, 6.07) is 0.268. The van der Waals surface area contributed by atoms with Crippen LogP contribution in [0, 0.1) is 0 Å². The van der Waals surface area contributed by atoms with E-state index in [2.05, 4.69) is 15.5 Å². The lowest BCUT2D eigenvalue weighted by Crippen LogP contribution is -2.49. The van der Waals surface area contributed by atoms with E-state index in [9.17, 15) is 9.59 Å². The van der Waals surface area contributed by atoms with Crippen LogP contribution < -0.4 is 10.6 Å². The molecular weight excluding hydrogens is 230 g/mol. The zero-order valence-electron chi connectivity index (χ0n) is 11.9. The quantitative estimate of drug-likeness (QED) is 0.772. The Morgan fingerprint density at radius 1 is 1.22 bits per heavy atom. The molecule has 2 amide bonds. The van der Waals surface area contributed by atoms with Crippen LogP contribution in [-0.2, 0) is 9.59 Å². The Balaban J connectivity index is 2.27. The number of piperidine rings is 1. The summed E-state index contributed by atoms with van der Waals surface area (Å²) in [5.74, 6) is 0.0967. The second-order valence-electron chi connectivity index (χ2n) is 6.05. The van der Waals surface area contributed by atoms with E-state index in [1.54, 1.807) is 6.92 Å². The third kappa shape index (κ3) is 6.00. The molecule has 1 aliphatic rings. The van der Waals surface area contributed by atoms with Gasteiger partial charge in [-0.1, -0.05) is 0 Å². The molecule has 0 aromatic carbocycles. The van der Waals surface area contributed by atoms with Crippen molar-refractivity contribution in [2.45, 2.75) is 52.1 Å². The average Bonchev–Trinajstić information content (AvgIpc) is 2.17. The molecule has 0 bridgehead atoms. The molecule has 0 spiro atoms. The number of carbonyl (C=O) groups is 2. The lowest BCUT2D eigenvalue weighted by molar-refractivity contribution is -0.124. The zero-order valence-corrected chi connectivity index (χ0v) is 11.9. The largest absolute Gasteiger partial charge is 0.354 e. The van der Waals surface area contributed by atoms with E-state index in [0.717, 1.165) is 25.9 Å². The third-order valence-electron chi connectivity index (χ3n) is 2.88. The summed E-state index contributed by atoms with van der Waals surface area (Å²) >= 11 is 0. The van der Waals surface area contributed by atoms with Gasteiger partial charge in [0.05, 0.1) is 6.54 Å². The molecule has 0 aliphatic carbocycles. The Morgan fingerprint density at radius 2 is 1.78 bits per heavy atom. The van der Waals surface area contributed by atoms with E-state index in [-0.39, 0.29) is 23.4 Å². The minimum atomic E-state index is -0.175. The van der Waals surface area contributed by atoms with E-state index < -0.39 is 0 Å². The van der Waals surface area contributed by atoms with Crippen molar-refractivity contribution in [3.05, 3.63) is 0 Å². The number of carbonyl (C=O) groups excluding carboxylic acids is 2. The molecule has 104 valence electrons. The summed E-state index contributed by atoms with van der Waals surface area (Å²) in [4.78, 5) is 24.8. The minimum absolute atomic E-state index is 0.0268. The molecule has 18 heavy (non-hydrogen) atoms. The molecular formula is C13H25N3O2. The Kier molecular flexibility index (Phi) is 5.14. The Labute approximate surface area is 109 Å². The number of rotatable bonds is 3. The fourth-order valence-corrected chi connectivity index (χ4v) is 2.18. The van der Waals surface area contributed by atoms with Gasteiger partial charge in [-0.3, -0.25) is 14.5 Å². The monoisotopic (exact) mass is 255 g/mol. The third-order valence-corrected chi connectivity index (χ3v) is 2.88. The molecule has 0 aromatic heterocycles. The number of amides is 2. The molecule has 1 rings (SSSR count). The highest BCUT2D eigenvalue weighted by Gasteiger charge is 2.22. The maximum absolute atomic E-state index is 11.8. The van der Waals surface area contributed by atoms with Gasteiger partial charge < -0.3 is 10.6 Å². The van der Waals surface area contributed by atoms with Gasteiger partial charge in [-0.05, 0) is 33.6 Å². The second kappa shape index (κ2) is 6.18. The van der Waals surface area contributed by atoms with E-state index in [1.165, 1.54) is 0 Å². The second-order valence-corrected chi connectivity index (χ2v) is 6.05. The number of hydrogen-bond donors (Lipinski definition) is 2. The smallest absolute Gasteiger partial charge is 0.234 e. The van der Waals surface area contributed by atoms with Crippen LogP contribution in [0.5, 0.6) is 0 Å². The molecule has 1 heterocycles. The van der Waals surface area contributed by atoms with Gasteiger partial charge in [0.25, 0.3) is 0 Å². The van der Waals surface area contributed by atoms with Gasteiger partial charge in [0.1, 0.15) is 0 Å². The number of hydrogen-bond acceptors (Lipinski definition) is 3. The van der Waals surface area contributed by atoms with Crippen molar-refractivity contribution >= 4 is 11.8 Å². The van der Waals surface area contributed by atoms with Crippen LogP contribution in [-0.4, -0.2) is 47.9 Å². The first-order valence-electron chi connectivity index (χ1n) is 6.57. The van der Waals surface area contributed by atoms with Crippen molar-refractivity contribution < 1.29 is 9.59 Å². The van der Waals surface area contributed by atoms with E-state index >= 15 is 0 Å². The Morgan fingerprint density at radius 3 is 2.22 bits per heavy atom. The van der Waals surface area contributed by atoms with Gasteiger partial charge in [-0.2, -0.15) is 0 Å². The minimum Gasteiger partial charge on any atom is -0.354 e. The van der Waals surface area contributed by atoms with Crippen molar-refractivity contribution in [3.8, 4) is 0 Å². The highest BCUT2D eigenvalue weighted by Crippen LogP contribution is 2.10. The van der Waals surface area contributed by atoms with Gasteiger partial charge >= 0.3 is 0 Å². The van der Waals surface area contributed by atoms with Crippen LogP contribution in [0.3, 0.4) is 0 Å². The van der Waals surface area contributed by atoms with Crippen LogP contribution in [0.15, 0.2) is 0 Å². The van der Waals surface area contributed by atoms with E-state index in [0.29, 0.717) is 6.54 Å². The summed E-state index contributed by atoms with van der Waals surface area (Å²) < 4.78 is 0. The van der Waals surface area contributed by atoms with Gasteiger partial charge in [0, 0.05) is 31.6 Å². The van der Waals surface area contributed by atoms with Crippen LogP contribution in [0.4, 0.5) is 0 Å².